The Morgan fingerprint density at radius 1 is 0.444 bits per heavy atom. The summed E-state index contributed by atoms with van der Waals surface area (Å²) in [4.78, 5) is 10.3. The molecule has 4 aliphatic carbocycles. The van der Waals surface area contributed by atoms with Crippen LogP contribution in [0, 0.1) is 0 Å². The van der Waals surface area contributed by atoms with E-state index in [1.165, 1.54) is 142 Å². The first-order chi connectivity index (χ1) is 35.3. The maximum atomic E-state index is 2.60. The molecule has 0 atom stereocenters. The molecule has 0 unspecified atom stereocenters. The third-order valence-electron chi connectivity index (χ3n) is 16.7. The number of anilines is 5. The van der Waals surface area contributed by atoms with Crippen molar-refractivity contribution >= 4 is 84.7 Å². The highest BCUT2D eigenvalue weighted by Gasteiger charge is 2.43. The van der Waals surface area contributed by atoms with E-state index in [4.69, 9.17) is 0 Å². The molecule has 0 saturated heterocycles. The SMILES string of the molecule is CC1(C)C2=C(c3c4cc(N5C6=C(C=CCC6)Sc6ccccc65)ccc4c(-c4cccc5c4C(C)(C)c4ccccc4-5)c4cc(N5c6ccccc6Sc6ccccc65)ccc34)CCC=C2c2ccccc21. The molecule has 346 valence electrons. The van der Waals surface area contributed by atoms with Crippen molar-refractivity contribution in [3.63, 3.8) is 0 Å². The van der Waals surface area contributed by atoms with Gasteiger partial charge in [0.1, 0.15) is 0 Å². The Bertz CT molecular complexity index is 3960. The number of allylic oxidation sites excluding steroid dienone is 7. The fourth-order valence-electron chi connectivity index (χ4n) is 13.7. The molecular weight excluding hydrogens is 909 g/mol. The van der Waals surface area contributed by atoms with Crippen molar-refractivity contribution in [2.75, 3.05) is 9.80 Å². The van der Waals surface area contributed by atoms with E-state index in [9.17, 15) is 0 Å². The molecule has 0 fully saturated rings. The molecule has 0 amide bonds. The summed E-state index contributed by atoms with van der Waals surface area (Å²) in [6.07, 6.45) is 11.3. The second kappa shape index (κ2) is 15.6. The summed E-state index contributed by atoms with van der Waals surface area (Å²) in [6.45, 7) is 9.83. The van der Waals surface area contributed by atoms with Crippen LogP contribution in [-0.4, -0.2) is 0 Å². The third-order valence-corrected chi connectivity index (χ3v) is 19.0. The molecule has 0 aromatic heterocycles. The molecule has 4 heteroatoms. The second-order valence-corrected chi connectivity index (χ2v) is 23.5. The van der Waals surface area contributed by atoms with Gasteiger partial charge in [-0.15, -0.1) is 0 Å². The summed E-state index contributed by atoms with van der Waals surface area (Å²) in [7, 11) is 0. The van der Waals surface area contributed by atoms with Crippen LogP contribution in [0.25, 0.3) is 54.9 Å². The lowest BCUT2D eigenvalue weighted by atomic mass is 9.73. The number of fused-ring (bicyclic) bond motifs is 11. The topological polar surface area (TPSA) is 6.48 Å². The number of benzene rings is 9. The molecule has 2 heterocycles. The minimum atomic E-state index is -0.223. The first-order valence-electron chi connectivity index (χ1n) is 25.7. The maximum Gasteiger partial charge on any atom is 0.0601 e. The highest BCUT2D eigenvalue weighted by Crippen LogP contribution is 2.60. The summed E-state index contributed by atoms with van der Waals surface area (Å²) in [5.74, 6) is 0. The number of hydrogen-bond acceptors (Lipinski definition) is 4. The maximum absolute atomic E-state index is 2.60. The van der Waals surface area contributed by atoms with E-state index in [-0.39, 0.29) is 10.8 Å². The van der Waals surface area contributed by atoms with Gasteiger partial charge in [0.25, 0.3) is 0 Å². The van der Waals surface area contributed by atoms with Crippen molar-refractivity contribution in [3.05, 3.63) is 238 Å². The van der Waals surface area contributed by atoms with Crippen molar-refractivity contribution in [1.29, 1.82) is 0 Å². The molecule has 2 nitrogen and oxygen atoms in total. The molecule has 15 rings (SSSR count). The fourth-order valence-corrected chi connectivity index (χ4v) is 15.9. The van der Waals surface area contributed by atoms with Gasteiger partial charge in [-0.05, 0) is 175 Å². The normalized spacial score (nSPS) is 17.5. The van der Waals surface area contributed by atoms with Crippen LogP contribution in [0.5, 0.6) is 0 Å². The van der Waals surface area contributed by atoms with Gasteiger partial charge in [0.15, 0.2) is 0 Å². The van der Waals surface area contributed by atoms with Crippen molar-refractivity contribution in [3.8, 4) is 22.3 Å². The smallest absolute Gasteiger partial charge is 0.0601 e. The summed E-state index contributed by atoms with van der Waals surface area (Å²) < 4.78 is 0. The van der Waals surface area contributed by atoms with Crippen LogP contribution in [-0.2, 0) is 10.8 Å². The zero-order chi connectivity index (χ0) is 48.0. The Hall–Kier alpha value is -7.24. The number of hydrogen-bond donors (Lipinski definition) is 0. The molecule has 0 bridgehead atoms. The number of para-hydroxylation sites is 3. The van der Waals surface area contributed by atoms with Gasteiger partial charge in [0, 0.05) is 47.5 Å². The lowest BCUT2D eigenvalue weighted by molar-refractivity contribution is 0.658. The van der Waals surface area contributed by atoms with E-state index in [1.54, 1.807) is 0 Å². The van der Waals surface area contributed by atoms with Crippen molar-refractivity contribution in [2.45, 2.75) is 78.9 Å². The summed E-state index contributed by atoms with van der Waals surface area (Å²) in [6, 6.07) is 67.4. The van der Waals surface area contributed by atoms with Gasteiger partial charge in [-0.2, -0.15) is 0 Å². The molecule has 0 N–H and O–H groups in total. The van der Waals surface area contributed by atoms with Crippen LogP contribution in [0.3, 0.4) is 0 Å². The monoisotopic (exact) mass is 960 g/mol. The van der Waals surface area contributed by atoms with Gasteiger partial charge in [0.2, 0.25) is 0 Å². The molecule has 2 aliphatic heterocycles. The van der Waals surface area contributed by atoms with E-state index in [2.05, 4.69) is 232 Å². The van der Waals surface area contributed by atoms with Crippen LogP contribution in [0.1, 0.15) is 81.2 Å². The number of nitrogens with zero attached hydrogens (tertiary/aromatic N) is 2. The van der Waals surface area contributed by atoms with Gasteiger partial charge < -0.3 is 9.80 Å². The molecule has 9 aromatic rings. The zero-order valence-corrected chi connectivity index (χ0v) is 42.6. The Kier molecular flexibility index (Phi) is 9.21. The predicted molar refractivity (Wildman–Crippen MR) is 307 cm³/mol. The first kappa shape index (κ1) is 42.4. The standard InChI is InChI=1S/C68H52N2S2/c1-67(2)53-25-7-5-19-43(53)47-21-17-23-49(65(47)67)63-45-37-35-42(70-57-29-11-15-33-61(57)72-62-34-16-12-30-58(62)70)40-52(45)64(50-24-18-22-48-44-20-6-8-26-54(44)68(3,4)66(48)50)46-38-36-41(39-51(46)63)69-55-27-9-13-31-59(55)71-60-32-14-10-28-56(60)69/h5-11,13-17,19-23,25-29,31-40H,12,18,24,30H2,1-4H3. The highest BCUT2D eigenvalue weighted by atomic mass is 32.2. The Morgan fingerprint density at radius 2 is 1.00 bits per heavy atom. The van der Waals surface area contributed by atoms with E-state index in [0.29, 0.717) is 0 Å². The Morgan fingerprint density at radius 3 is 1.72 bits per heavy atom. The van der Waals surface area contributed by atoms with E-state index < -0.39 is 0 Å². The quantitative estimate of drug-likeness (QED) is 0.162. The van der Waals surface area contributed by atoms with E-state index in [1.807, 2.05) is 23.5 Å². The summed E-state index contributed by atoms with van der Waals surface area (Å²) >= 11 is 3.79. The fraction of sp³-hybridized carbons (Fsp3) is 0.147. The lowest BCUT2D eigenvalue weighted by Gasteiger charge is -2.36. The zero-order valence-electron chi connectivity index (χ0n) is 41.0. The van der Waals surface area contributed by atoms with Crippen LogP contribution in [0.15, 0.2) is 225 Å². The second-order valence-electron chi connectivity index (χ2n) is 21.3. The summed E-state index contributed by atoms with van der Waals surface area (Å²) in [5, 5.41) is 5.21. The molecule has 0 spiro atoms. The van der Waals surface area contributed by atoms with Gasteiger partial charge in [-0.25, -0.2) is 0 Å². The van der Waals surface area contributed by atoms with E-state index in [0.717, 1.165) is 25.7 Å². The average Bonchev–Trinajstić information content (AvgIpc) is 3.80. The van der Waals surface area contributed by atoms with Crippen LogP contribution in [0.4, 0.5) is 28.4 Å². The average molecular weight is 961 g/mol. The van der Waals surface area contributed by atoms with Crippen LogP contribution < -0.4 is 9.80 Å². The molecular formula is C68H52N2S2. The number of thioether (sulfide) groups is 1. The molecule has 72 heavy (non-hydrogen) atoms. The Balaban J connectivity index is 1.10. The van der Waals surface area contributed by atoms with Crippen molar-refractivity contribution in [1.82, 2.24) is 0 Å². The molecule has 0 radical (unpaired) electrons. The summed E-state index contributed by atoms with van der Waals surface area (Å²) in [5.41, 5.74) is 23.7. The third kappa shape index (κ3) is 5.94. The minimum Gasteiger partial charge on any atom is -0.312 e. The van der Waals surface area contributed by atoms with Crippen molar-refractivity contribution in [2.24, 2.45) is 0 Å². The van der Waals surface area contributed by atoms with Gasteiger partial charge in [-0.3, -0.25) is 0 Å². The number of rotatable bonds is 4. The molecule has 6 aliphatic rings. The van der Waals surface area contributed by atoms with Gasteiger partial charge in [0.05, 0.1) is 17.1 Å². The first-order valence-corrected chi connectivity index (χ1v) is 27.3. The molecule has 0 saturated carbocycles. The van der Waals surface area contributed by atoms with Gasteiger partial charge in [-0.1, -0.05) is 185 Å². The van der Waals surface area contributed by atoms with Crippen LogP contribution in [0.2, 0.25) is 0 Å². The Labute approximate surface area is 431 Å². The van der Waals surface area contributed by atoms with Crippen LogP contribution >= 0.6 is 23.5 Å². The highest BCUT2D eigenvalue weighted by molar-refractivity contribution is 8.03. The lowest BCUT2D eigenvalue weighted by Crippen LogP contribution is -2.22. The van der Waals surface area contributed by atoms with Crippen molar-refractivity contribution < 1.29 is 0 Å². The molecule has 9 aromatic carbocycles. The minimum absolute atomic E-state index is 0.181. The van der Waals surface area contributed by atoms with Gasteiger partial charge >= 0.3 is 0 Å². The predicted octanol–water partition coefficient (Wildman–Crippen LogP) is 19.6. The van der Waals surface area contributed by atoms with E-state index >= 15 is 0 Å². The largest absolute Gasteiger partial charge is 0.312 e.